The van der Waals surface area contributed by atoms with Gasteiger partial charge in [0.1, 0.15) is 16.1 Å². The molecule has 0 bridgehead atoms. The predicted octanol–water partition coefficient (Wildman–Crippen LogP) is 15.2. The van der Waals surface area contributed by atoms with E-state index in [-0.39, 0.29) is 0 Å². The maximum absolute atomic E-state index is 4.45. The normalized spacial score (nSPS) is 15.5. The monoisotopic (exact) mass is 866 g/mol. The van der Waals surface area contributed by atoms with E-state index in [1.165, 1.54) is 125 Å². The lowest BCUT2D eigenvalue weighted by Crippen LogP contribution is -2.53. The van der Waals surface area contributed by atoms with Gasteiger partial charge in [-0.2, -0.15) is 0 Å². The molecule has 12 rings (SSSR count). The van der Waals surface area contributed by atoms with Gasteiger partial charge in [0.2, 0.25) is 0 Å². The summed E-state index contributed by atoms with van der Waals surface area (Å²) in [6.07, 6.45) is 25.1. The molecule has 65 heavy (non-hydrogen) atoms. The molecule has 0 fully saturated rings. The number of hydrogen-bond acceptors (Lipinski definition) is 0. The van der Waals surface area contributed by atoms with E-state index in [0.29, 0.717) is 0 Å². The Hall–Kier alpha value is -6.59. The largest absolute Gasteiger partial charge is 0.113 e. The van der Waals surface area contributed by atoms with Gasteiger partial charge in [-0.05, 0) is 153 Å². The van der Waals surface area contributed by atoms with Gasteiger partial charge in [-0.15, -0.1) is 0 Å². The summed E-state index contributed by atoms with van der Waals surface area (Å²) in [7, 11) is -4.16. The highest BCUT2D eigenvalue weighted by molar-refractivity contribution is 7.01. The van der Waals surface area contributed by atoms with Crippen molar-refractivity contribution in [3.05, 3.63) is 215 Å². The van der Waals surface area contributed by atoms with E-state index in [1.807, 2.05) is 0 Å². The number of benzene rings is 8. The highest BCUT2D eigenvalue weighted by Crippen LogP contribution is 2.44. The molecule has 0 spiro atoms. The molecule has 0 saturated heterocycles. The van der Waals surface area contributed by atoms with Crippen LogP contribution in [-0.4, -0.2) is 16.1 Å². The third-order valence-corrected chi connectivity index (χ3v) is 23.3. The first-order valence-electron chi connectivity index (χ1n) is 23.6. The van der Waals surface area contributed by atoms with Gasteiger partial charge in [-0.1, -0.05) is 219 Å². The van der Waals surface area contributed by atoms with Crippen LogP contribution in [0.5, 0.6) is 0 Å². The highest BCUT2D eigenvalue weighted by atomic mass is 28.3. The van der Waals surface area contributed by atoms with E-state index in [2.05, 4.69) is 216 Å². The van der Waals surface area contributed by atoms with Crippen LogP contribution in [0, 0.1) is 0 Å². The van der Waals surface area contributed by atoms with E-state index >= 15 is 0 Å². The lowest BCUT2D eigenvalue weighted by Gasteiger charge is -2.30. The van der Waals surface area contributed by atoms with Crippen LogP contribution in [0.15, 0.2) is 176 Å². The van der Waals surface area contributed by atoms with Crippen LogP contribution in [0.25, 0.3) is 83.1 Å². The first-order chi connectivity index (χ1) is 31.6. The molecular weight excluding hydrogens is 813 g/mol. The van der Waals surface area contributed by atoms with E-state index in [9.17, 15) is 0 Å². The number of allylic oxidation sites excluding steroid dienone is 11. The van der Waals surface area contributed by atoms with E-state index in [1.54, 1.807) is 0 Å². The molecule has 8 aromatic carbocycles. The van der Waals surface area contributed by atoms with Crippen molar-refractivity contribution in [2.24, 2.45) is 0 Å². The zero-order chi connectivity index (χ0) is 44.2. The minimum atomic E-state index is -2.09. The summed E-state index contributed by atoms with van der Waals surface area (Å²) in [6.45, 7) is 16.9. The van der Waals surface area contributed by atoms with Crippen molar-refractivity contribution in [2.75, 3.05) is 0 Å². The standard InChI is InChI=1S/C63H54Si2/c1-7-41(23-22-40(2)64(3,4)56-38-32-47-26-24-42-14-12-16-44-30-36-54(56)62(47)58(42)44)60-50-18-8-10-20-52(50)61(53-21-11-9-19-51(53)60)46-28-34-49(35-29-46)65(5,6)57-39-33-48-27-25-43-15-13-17-45-31-37-55(57)63(48)59(43)45/h7-13,16-25,28-39H,1,14-15,26-27H2,2-6H3/b40-22+,41-23+. The van der Waals surface area contributed by atoms with Crippen LogP contribution in [0.4, 0.5) is 0 Å². The molecule has 0 nitrogen and oxygen atoms in total. The van der Waals surface area contributed by atoms with Crippen LogP contribution < -0.4 is 15.6 Å². The van der Waals surface area contributed by atoms with Gasteiger partial charge < -0.3 is 0 Å². The summed E-state index contributed by atoms with van der Waals surface area (Å²) in [5.41, 5.74) is 16.6. The van der Waals surface area contributed by atoms with Crippen molar-refractivity contribution in [1.29, 1.82) is 0 Å². The van der Waals surface area contributed by atoms with E-state index in [0.717, 1.165) is 31.3 Å². The Morgan fingerprint density at radius 3 is 1.58 bits per heavy atom. The Kier molecular flexibility index (Phi) is 9.21. The molecule has 0 atom stereocenters. The molecule has 0 radical (unpaired) electrons. The topological polar surface area (TPSA) is 0 Å². The van der Waals surface area contributed by atoms with Crippen molar-refractivity contribution in [3.8, 4) is 11.1 Å². The van der Waals surface area contributed by atoms with Crippen LogP contribution in [0.3, 0.4) is 0 Å². The van der Waals surface area contributed by atoms with Gasteiger partial charge in [-0.3, -0.25) is 0 Å². The second-order valence-corrected chi connectivity index (χ2v) is 28.8. The molecule has 0 saturated carbocycles. The summed E-state index contributed by atoms with van der Waals surface area (Å²) >= 11 is 0. The molecular formula is C63H54Si2. The van der Waals surface area contributed by atoms with Gasteiger partial charge in [0, 0.05) is 0 Å². The summed E-state index contributed by atoms with van der Waals surface area (Å²) in [6, 6.07) is 47.0. The molecule has 0 aromatic heterocycles. The predicted molar refractivity (Wildman–Crippen MR) is 291 cm³/mol. The van der Waals surface area contributed by atoms with Crippen molar-refractivity contribution >= 4 is 104 Å². The Balaban J connectivity index is 0.937. The fraction of sp³-hybridized carbons (Fsp3) is 0.143. The highest BCUT2D eigenvalue weighted by Gasteiger charge is 2.32. The van der Waals surface area contributed by atoms with Crippen molar-refractivity contribution in [2.45, 2.75) is 58.8 Å². The third-order valence-electron chi connectivity index (χ3n) is 15.8. The Morgan fingerprint density at radius 1 is 0.508 bits per heavy atom. The maximum Gasteiger partial charge on any atom is 0.113 e. The number of hydrogen-bond donors (Lipinski definition) is 0. The smallest absolute Gasteiger partial charge is 0.0984 e. The van der Waals surface area contributed by atoms with Gasteiger partial charge in [-0.25, -0.2) is 0 Å². The summed E-state index contributed by atoms with van der Waals surface area (Å²) in [5, 5.41) is 16.9. The molecule has 0 heterocycles. The first-order valence-corrected chi connectivity index (χ1v) is 29.6. The zero-order valence-corrected chi connectivity index (χ0v) is 40.3. The zero-order valence-electron chi connectivity index (χ0n) is 38.3. The van der Waals surface area contributed by atoms with Gasteiger partial charge in [0.05, 0.1) is 0 Å². The van der Waals surface area contributed by atoms with Gasteiger partial charge >= 0.3 is 0 Å². The second-order valence-electron chi connectivity index (χ2n) is 19.9. The second kappa shape index (κ2) is 15.0. The molecule has 2 heteroatoms. The van der Waals surface area contributed by atoms with Crippen LogP contribution >= 0.6 is 0 Å². The average molecular weight is 867 g/mol. The van der Waals surface area contributed by atoms with Crippen LogP contribution in [-0.2, 0) is 12.8 Å². The van der Waals surface area contributed by atoms with Crippen molar-refractivity contribution in [1.82, 2.24) is 0 Å². The number of rotatable bonds is 8. The van der Waals surface area contributed by atoms with Crippen molar-refractivity contribution < 1.29 is 0 Å². The summed E-state index contributed by atoms with van der Waals surface area (Å²) in [4.78, 5) is 0. The first kappa shape index (κ1) is 40.0. The van der Waals surface area contributed by atoms with Crippen molar-refractivity contribution in [3.63, 3.8) is 0 Å². The Morgan fingerprint density at radius 2 is 1.03 bits per heavy atom. The summed E-state index contributed by atoms with van der Waals surface area (Å²) in [5.74, 6) is 0. The minimum absolute atomic E-state index is 1.02. The molecule has 0 aliphatic heterocycles. The molecule has 0 amide bonds. The minimum Gasteiger partial charge on any atom is -0.0984 e. The third kappa shape index (κ3) is 6.07. The quantitative estimate of drug-likeness (QED) is 0.0811. The molecule has 0 unspecified atom stereocenters. The molecule has 4 aliphatic carbocycles. The van der Waals surface area contributed by atoms with Gasteiger partial charge in [0.15, 0.2) is 0 Å². The molecule has 4 aliphatic rings. The van der Waals surface area contributed by atoms with Crippen LogP contribution in [0.1, 0.15) is 58.7 Å². The fourth-order valence-electron chi connectivity index (χ4n) is 12.0. The fourth-order valence-corrected chi connectivity index (χ4v) is 17.0. The van der Waals surface area contributed by atoms with E-state index in [4.69, 9.17) is 0 Å². The Bertz CT molecular complexity index is 3540. The molecule has 0 N–H and O–H groups in total. The van der Waals surface area contributed by atoms with Crippen LogP contribution in [0.2, 0.25) is 26.2 Å². The maximum atomic E-state index is 4.45. The van der Waals surface area contributed by atoms with Gasteiger partial charge in [0.25, 0.3) is 0 Å². The lowest BCUT2D eigenvalue weighted by molar-refractivity contribution is 1.23. The lowest BCUT2D eigenvalue weighted by atomic mass is 9.81. The Labute approximate surface area is 386 Å². The number of fused-ring (bicyclic) bond motifs is 2. The van der Waals surface area contributed by atoms with E-state index < -0.39 is 16.1 Å². The SMILES string of the molecule is C=C/C(=C\C=C(/C)[Si](C)(C)c1ccc2c3c4c(ccc13)C=CCC4=CC2)c1c2ccccc2c(-c2ccc([Si](C)(C)c3ccc4c5c6c(ccc35)C=CCC6=CC4)cc2)c2ccccc12. The molecule has 8 aromatic rings. The summed E-state index contributed by atoms with van der Waals surface area (Å²) < 4.78 is 0. The molecule has 314 valence electrons. The average Bonchev–Trinajstić information content (AvgIpc) is 3.34.